The van der Waals surface area contributed by atoms with Crippen LogP contribution in [-0.4, -0.2) is 31.1 Å². The van der Waals surface area contributed by atoms with Crippen LogP contribution in [0, 0.1) is 17.2 Å². The van der Waals surface area contributed by atoms with Gasteiger partial charge in [-0.25, -0.2) is 0 Å². The van der Waals surface area contributed by atoms with Crippen molar-refractivity contribution in [3.8, 4) is 11.8 Å². The summed E-state index contributed by atoms with van der Waals surface area (Å²) >= 11 is 0. The molecule has 2 rings (SSSR count). The molecule has 0 bridgehead atoms. The maximum absolute atomic E-state index is 8.79. The molecule has 0 spiro atoms. The summed E-state index contributed by atoms with van der Waals surface area (Å²) in [5.41, 5.74) is 0.654. The molecule has 0 saturated carbocycles. The van der Waals surface area contributed by atoms with Gasteiger partial charge in [-0.3, -0.25) is 0 Å². The Hall–Kier alpha value is -1.53. The first-order valence-corrected chi connectivity index (χ1v) is 6.63. The third-order valence-electron chi connectivity index (χ3n) is 3.36. The molecule has 1 aliphatic rings. The Morgan fingerprint density at radius 2 is 2.39 bits per heavy atom. The molecule has 1 aromatic rings. The van der Waals surface area contributed by atoms with Gasteiger partial charge in [-0.15, -0.1) is 0 Å². The van der Waals surface area contributed by atoms with Crippen molar-refractivity contribution >= 4 is 0 Å². The lowest BCUT2D eigenvalue weighted by Gasteiger charge is -2.15. The second-order valence-corrected chi connectivity index (χ2v) is 5.04. The average molecular weight is 244 g/mol. The summed E-state index contributed by atoms with van der Waals surface area (Å²) in [5, 5.41) is 8.79. The quantitative estimate of drug-likeness (QED) is 0.747. The standard InChI is InChI=1S/C15H20N2O/c1-13-6-8-17(12-13)7-3-9-18-15-5-2-4-14(10-15)11-16/h2,4-5,10,13H,3,6-9,12H2,1H3. The minimum atomic E-state index is 0.654. The molecule has 1 aromatic carbocycles. The molecule has 96 valence electrons. The molecule has 1 unspecified atom stereocenters. The van der Waals surface area contributed by atoms with E-state index in [0.29, 0.717) is 5.56 Å². The predicted octanol–water partition coefficient (Wildman–Crippen LogP) is 2.67. The van der Waals surface area contributed by atoms with Gasteiger partial charge in [0.25, 0.3) is 0 Å². The fourth-order valence-electron chi connectivity index (χ4n) is 2.36. The molecule has 0 radical (unpaired) electrons. The Morgan fingerprint density at radius 3 is 3.11 bits per heavy atom. The largest absolute Gasteiger partial charge is 0.494 e. The average Bonchev–Trinajstić information content (AvgIpc) is 2.81. The van der Waals surface area contributed by atoms with Gasteiger partial charge in [-0.2, -0.15) is 5.26 Å². The van der Waals surface area contributed by atoms with Crippen LogP contribution in [0.15, 0.2) is 24.3 Å². The highest BCUT2D eigenvalue weighted by atomic mass is 16.5. The van der Waals surface area contributed by atoms with E-state index in [0.717, 1.165) is 31.2 Å². The summed E-state index contributed by atoms with van der Waals surface area (Å²) in [4.78, 5) is 2.50. The molecule has 3 heteroatoms. The highest BCUT2D eigenvalue weighted by Gasteiger charge is 2.17. The van der Waals surface area contributed by atoms with Crippen LogP contribution in [0.4, 0.5) is 0 Å². The van der Waals surface area contributed by atoms with E-state index in [1.165, 1.54) is 19.5 Å². The topological polar surface area (TPSA) is 36.3 Å². The van der Waals surface area contributed by atoms with Crippen molar-refractivity contribution in [2.45, 2.75) is 19.8 Å². The summed E-state index contributed by atoms with van der Waals surface area (Å²) in [6, 6.07) is 9.46. The van der Waals surface area contributed by atoms with Crippen molar-refractivity contribution in [2.24, 2.45) is 5.92 Å². The van der Waals surface area contributed by atoms with Crippen LogP contribution >= 0.6 is 0 Å². The van der Waals surface area contributed by atoms with E-state index in [1.807, 2.05) is 12.1 Å². The van der Waals surface area contributed by atoms with E-state index in [-0.39, 0.29) is 0 Å². The second kappa shape index (κ2) is 6.42. The third kappa shape index (κ3) is 3.75. The molecule has 0 N–H and O–H groups in total. The zero-order valence-corrected chi connectivity index (χ0v) is 10.9. The number of benzene rings is 1. The first-order valence-electron chi connectivity index (χ1n) is 6.63. The van der Waals surface area contributed by atoms with Gasteiger partial charge in [0.2, 0.25) is 0 Å². The van der Waals surface area contributed by atoms with Crippen LogP contribution in [0.2, 0.25) is 0 Å². The summed E-state index contributed by atoms with van der Waals surface area (Å²) in [5.74, 6) is 1.64. The van der Waals surface area contributed by atoms with Gasteiger partial charge in [0, 0.05) is 13.1 Å². The Bertz CT molecular complexity index is 425. The normalized spacial score (nSPS) is 19.7. The first-order chi connectivity index (χ1) is 8.78. The maximum atomic E-state index is 8.79. The lowest BCUT2D eigenvalue weighted by Crippen LogP contribution is -2.22. The van der Waals surface area contributed by atoms with Gasteiger partial charge < -0.3 is 9.64 Å². The van der Waals surface area contributed by atoms with Gasteiger partial charge in [-0.05, 0) is 43.5 Å². The zero-order chi connectivity index (χ0) is 12.8. The van der Waals surface area contributed by atoms with Gasteiger partial charge in [0.15, 0.2) is 0 Å². The molecule has 1 atom stereocenters. The molecule has 1 heterocycles. The van der Waals surface area contributed by atoms with Crippen LogP contribution in [0.3, 0.4) is 0 Å². The number of hydrogen-bond acceptors (Lipinski definition) is 3. The Balaban J connectivity index is 1.67. The zero-order valence-electron chi connectivity index (χ0n) is 10.9. The monoisotopic (exact) mass is 244 g/mol. The fraction of sp³-hybridized carbons (Fsp3) is 0.533. The van der Waals surface area contributed by atoms with E-state index in [2.05, 4.69) is 17.9 Å². The number of rotatable bonds is 5. The van der Waals surface area contributed by atoms with Crippen molar-refractivity contribution in [3.05, 3.63) is 29.8 Å². The van der Waals surface area contributed by atoms with Crippen LogP contribution < -0.4 is 4.74 Å². The number of likely N-dealkylation sites (tertiary alicyclic amines) is 1. The first kappa shape index (κ1) is 12.9. The van der Waals surface area contributed by atoms with Crippen molar-refractivity contribution in [3.63, 3.8) is 0 Å². The molecular formula is C15H20N2O. The van der Waals surface area contributed by atoms with Gasteiger partial charge in [0.05, 0.1) is 18.2 Å². The molecule has 18 heavy (non-hydrogen) atoms. The molecular weight excluding hydrogens is 224 g/mol. The SMILES string of the molecule is CC1CCN(CCCOc2cccc(C#N)c2)C1. The Labute approximate surface area is 109 Å². The second-order valence-electron chi connectivity index (χ2n) is 5.04. The van der Waals surface area contributed by atoms with E-state index in [9.17, 15) is 0 Å². The molecule has 0 aliphatic carbocycles. The molecule has 0 amide bonds. The van der Waals surface area contributed by atoms with Crippen LogP contribution in [0.1, 0.15) is 25.3 Å². The lowest BCUT2D eigenvalue weighted by atomic mass is 10.2. The van der Waals surface area contributed by atoms with E-state index >= 15 is 0 Å². The highest BCUT2D eigenvalue weighted by Crippen LogP contribution is 2.16. The van der Waals surface area contributed by atoms with Crippen molar-refractivity contribution in [2.75, 3.05) is 26.2 Å². The number of hydrogen-bond donors (Lipinski definition) is 0. The van der Waals surface area contributed by atoms with Gasteiger partial charge in [-0.1, -0.05) is 13.0 Å². The summed E-state index contributed by atoms with van der Waals surface area (Å²) in [7, 11) is 0. The minimum absolute atomic E-state index is 0.654. The fourth-order valence-corrected chi connectivity index (χ4v) is 2.36. The molecule has 1 saturated heterocycles. The van der Waals surface area contributed by atoms with E-state index < -0.39 is 0 Å². The summed E-state index contributed by atoms with van der Waals surface area (Å²) in [6.45, 7) is 6.60. The predicted molar refractivity (Wildman–Crippen MR) is 71.5 cm³/mol. The Kier molecular flexibility index (Phi) is 4.60. The van der Waals surface area contributed by atoms with E-state index in [1.54, 1.807) is 12.1 Å². The number of nitriles is 1. The number of nitrogens with zero attached hydrogens (tertiary/aromatic N) is 2. The third-order valence-corrected chi connectivity index (χ3v) is 3.36. The van der Waals surface area contributed by atoms with Crippen molar-refractivity contribution < 1.29 is 4.74 Å². The molecule has 1 aliphatic heterocycles. The number of ether oxygens (including phenoxy) is 1. The van der Waals surface area contributed by atoms with Crippen molar-refractivity contribution in [1.29, 1.82) is 5.26 Å². The molecule has 3 nitrogen and oxygen atoms in total. The van der Waals surface area contributed by atoms with Crippen LogP contribution in [0.25, 0.3) is 0 Å². The minimum Gasteiger partial charge on any atom is -0.494 e. The van der Waals surface area contributed by atoms with E-state index in [4.69, 9.17) is 10.00 Å². The Morgan fingerprint density at radius 1 is 1.50 bits per heavy atom. The smallest absolute Gasteiger partial charge is 0.120 e. The van der Waals surface area contributed by atoms with Gasteiger partial charge >= 0.3 is 0 Å². The van der Waals surface area contributed by atoms with Crippen LogP contribution in [0.5, 0.6) is 5.75 Å². The lowest BCUT2D eigenvalue weighted by molar-refractivity contribution is 0.259. The maximum Gasteiger partial charge on any atom is 0.120 e. The van der Waals surface area contributed by atoms with Crippen LogP contribution in [-0.2, 0) is 0 Å². The molecule has 0 aromatic heterocycles. The van der Waals surface area contributed by atoms with Gasteiger partial charge in [0.1, 0.15) is 5.75 Å². The summed E-state index contributed by atoms with van der Waals surface area (Å²) < 4.78 is 5.66. The summed E-state index contributed by atoms with van der Waals surface area (Å²) in [6.07, 6.45) is 2.37. The highest BCUT2D eigenvalue weighted by molar-refractivity contribution is 5.36. The molecule has 1 fully saturated rings. The van der Waals surface area contributed by atoms with Crippen molar-refractivity contribution in [1.82, 2.24) is 4.90 Å².